The van der Waals surface area contributed by atoms with Crippen LogP contribution in [0.4, 0.5) is 13.2 Å². The zero-order valence-corrected chi connectivity index (χ0v) is 25.5. The first kappa shape index (κ1) is 35.6. The number of halogens is 3. The number of amides is 2. The highest BCUT2D eigenvalue weighted by Crippen LogP contribution is 2.29. The number of nitrogens with one attached hydrogen (secondary N) is 2. The molecule has 2 aromatic carbocycles. The van der Waals surface area contributed by atoms with Crippen LogP contribution in [0, 0.1) is 0 Å². The summed E-state index contributed by atoms with van der Waals surface area (Å²) in [6.45, 7) is 3.49. The van der Waals surface area contributed by atoms with E-state index < -0.39 is 29.7 Å². The van der Waals surface area contributed by atoms with Crippen molar-refractivity contribution < 1.29 is 32.0 Å². The van der Waals surface area contributed by atoms with Crippen molar-refractivity contribution in [3.63, 3.8) is 0 Å². The summed E-state index contributed by atoms with van der Waals surface area (Å²) in [5.41, 5.74) is 18.5. The van der Waals surface area contributed by atoms with Crippen LogP contribution in [0.2, 0.25) is 0 Å². The van der Waals surface area contributed by atoms with Crippen LogP contribution in [0.25, 0.3) is 10.9 Å². The first-order chi connectivity index (χ1) is 21.3. The minimum atomic E-state index is -4.50. The maximum Gasteiger partial charge on any atom is 0.416 e. The van der Waals surface area contributed by atoms with E-state index in [1.807, 2.05) is 37.4 Å². The van der Waals surface area contributed by atoms with E-state index in [0.29, 0.717) is 41.8 Å². The molecule has 244 valence electrons. The molecule has 0 saturated carbocycles. The van der Waals surface area contributed by atoms with E-state index >= 15 is 0 Å². The summed E-state index contributed by atoms with van der Waals surface area (Å²) in [4.78, 5) is 43.3. The van der Waals surface area contributed by atoms with Gasteiger partial charge in [-0.3, -0.25) is 19.4 Å². The minimum Gasteiger partial charge on any atom is -0.350 e. The van der Waals surface area contributed by atoms with Gasteiger partial charge in [-0.15, -0.1) is 0 Å². The number of rotatable bonds is 17. The van der Waals surface area contributed by atoms with Crippen molar-refractivity contribution in [3.8, 4) is 0 Å². The number of fused-ring (bicyclic) bond motifs is 1. The fourth-order valence-electron chi connectivity index (χ4n) is 5.06. The number of nitrogens with two attached hydrogens (primary N) is 3. The molecule has 0 aliphatic rings. The molecule has 0 unspecified atom stereocenters. The van der Waals surface area contributed by atoms with Crippen molar-refractivity contribution in [3.05, 3.63) is 77.5 Å². The van der Waals surface area contributed by atoms with Crippen LogP contribution >= 0.6 is 0 Å². The largest absolute Gasteiger partial charge is 0.416 e. The summed E-state index contributed by atoms with van der Waals surface area (Å²) in [5.74, 6) is -1.27. The number of nitrogens with zero attached hydrogens (tertiary/aromatic N) is 2. The monoisotopic (exact) mass is 630 g/mol. The number of Topliss-reactive ketones (excluding diaryl/α,β-unsaturated/α-hetero) is 1. The third-order valence-electron chi connectivity index (χ3n) is 7.78. The van der Waals surface area contributed by atoms with Crippen LogP contribution in [0.1, 0.15) is 29.5 Å². The van der Waals surface area contributed by atoms with Crippen LogP contribution < -0.4 is 27.8 Å². The highest BCUT2D eigenvalue weighted by Gasteiger charge is 2.30. The predicted molar refractivity (Wildman–Crippen MR) is 167 cm³/mol. The van der Waals surface area contributed by atoms with Gasteiger partial charge in [0.05, 0.1) is 56.4 Å². The first-order valence-electron chi connectivity index (χ1n) is 14.9. The van der Waals surface area contributed by atoms with E-state index in [2.05, 4.69) is 15.6 Å². The quantitative estimate of drug-likeness (QED) is 0.142. The van der Waals surface area contributed by atoms with E-state index in [9.17, 15) is 27.6 Å². The number of hydrogen-bond acceptors (Lipinski definition) is 7. The lowest BCUT2D eigenvalue weighted by atomic mass is 9.96. The molecule has 13 heteroatoms. The third kappa shape index (κ3) is 11.2. The summed E-state index contributed by atoms with van der Waals surface area (Å²) in [6, 6.07) is 11.5. The fraction of sp³-hybridized carbons (Fsp3) is 0.438. The lowest BCUT2D eigenvalue weighted by molar-refractivity contribution is -0.905. The number of hydrogen-bond donors (Lipinski definition) is 5. The van der Waals surface area contributed by atoms with Gasteiger partial charge in [-0.05, 0) is 48.2 Å². The van der Waals surface area contributed by atoms with Crippen LogP contribution in [-0.2, 0) is 33.4 Å². The van der Waals surface area contributed by atoms with E-state index in [1.165, 1.54) is 12.1 Å². The van der Waals surface area contributed by atoms with Gasteiger partial charge in [0.2, 0.25) is 11.8 Å². The van der Waals surface area contributed by atoms with Crippen LogP contribution in [0.5, 0.6) is 0 Å². The summed E-state index contributed by atoms with van der Waals surface area (Å²) in [7, 11) is 2.02. The van der Waals surface area contributed by atoms with Gasteiger partial charge in [0, 0.05) is 37.5 Å². The van der Waals surface area contributed by atoms with E-state index in [-0.39, 0.29) is 37.4 Å². The number of para-hydroxylation sites is 1. The molecule has 0 aliphatic heterocycles. The van der Waals surface area contributed by atoms with Gasteiger partial charge in [0.1, 0.15) is 0 Å². The SMILES string of the molecule is C[N+](CCN)(CCN)CCNC(=O)CC[C@H](N)C(=O)N[C@@H](Cc1ccc(C(F)(F)F)cc1)C(=O)Cc1cnc2ccccc2c1. The van der Waals surface area contributed by atoms with E-state index in [4.69, 9.17) is 17.2 Å². The molecule has 0 bridgehead atoms. The molecule has 3 rings (SSSR count). The Hall–Kier alpha value is -3.91. The summed E-state index contributed by atoms with van der Waals surface area (Å²) in [5, 5.41) is 6.34. The van der Waals surface area contributed by atoms with Gasteiger partial charge < -0.3 is 32.3 Å². The maximum atomic E-state index is 13.5. The molecular formula is C32H43F3N7O3+. The molecule has 0 spiro atoms. The lowest BCUT2D eigenvalue weighted by Crippen LogP contribution is -2.53. The number of pyridine rings is 1. The van der Waals surface area contributed by atoms with Gasteiger partial charge in [0.15, 0.2) is 5.78 Å². The Morgan fingerprint density at radius 1 is 0.956 bits per heavy atom. The third-order valence-corrected chi connectivity index (χ3v) is 7.78. The smallest absolute Gasteiger partial charge is 0.350 e. The van der Waals surface area contributed by atoms with Crippen molar-refractivity contribution in [2.45, 2.75) is 43.9 Å². The number of ketones is 1. The molecule has 0 radical (unpaired) electrons. The Kier molecular flexibility index (Phi) is 13.0. The number of carbonyl (C=O) groups is 3. The normalized spacial score (nSPS) is 13.3. The van der Waals surface area contributed by atoms with Crippen LogP contribution in [0.3, 0.4) is 0 Å². The Bertz CT molecular complexity index is 1430. The van der Waals surface area contributed by atoms with Crippen molar-refractivity contribution in [1.82, 2.24) is 15.6 Å². The molecule has 2 amide bonds. The highest BCUT2D eigenvalue weighted by atomic mass is 19.4. The van der Waals surface area contributed by atoms with Crippen molar-refractivity contribution >= 4 is 28.5 Å². The topological polar surface area (TPSA) is 166 Å². The van der Waals surface area contributed by atoms with Crippen molar-refractivity contribution in [1.29, 1.82) is 0 Å². The zero-order valence-electron chi connectivity index (χ0n) is 25.5. The minimum absolute atomic E-state index is 0.00758. The highest BCUT2D eigenvalue weighted by molar-refractivity contribution is 5.93. The second-order valence-electron chi connectivity index (χ2n) is 11.5. The summed E-state index contributed by atoms with van der Waals surface area (Å²) in [6.07, 6.45) is -3.00. The Morgan fingerprint density at radius 2 is 1.62 bits per heavy atom. The molecule has 3 aromatic rings. The molecule has 1 heterocycles. The maximum absolute atomic E-state index is 13.5. The molecular weight excluding hydrogens is 587 g/mol. The van der Waals surface area contributed by atoms with Gasteiger partial charge in [0.25, 0.3) is 0 Å². The molecule has 0 saturated heterocycles. The molecule has 1 aromatic heterocycles. The summed E-state index contributed by atoms with van der Waals surface area (Å²) < 4.78 is 39.8. The van der Waals surface area contributed by atoms with Crippen molar-refractivity contribution in [2.24, 2.45) is 17.2 Å². The first-order valence-corrected chi connectivity index (χ1v) is 14.9. The second-order valence-corrected chi connectivity index (χ2v) is 11.5. The van der Waals surface area contributed by atoms with Crippen LogP contribution in [-0.4, -0.2) is 85.5 Å². The number of alkyl halides is 3. The molecule has 0 aliphatic carbocycles. The van der Waals surface area contributed by atoms with Gasteiger partial charge in [-0.2, -0.15) is 13.2 Å². The number of aromatic nitrogens is 1. The Balaban J connectivity index is 1.63. The predicted octanol–water partition coefficient (Wildman–Crippen LogP) is 1.68. The fourth-order valence-corrected chi connectivity index (χ4v) is 5.06. The standard InChI is InChI=1S/C32H42F3N7O3/c1-42(15-12-36,16-13-37)17-14-39-30(44)11-10-26(38)31(45)41-28(19-22-6-8-25(9-7-22)32(33,34)35)29(43)20-23-18-24-4-2-3-5-27(24)40-21-23/h2-9,18,21,26,28H,10-17,19-20,36-38H2,1H3,(H-,39,41,44,45)/p+1/t26-,28-/m0/s1. The Labute approximate surface area is 261 Å². The molecule has 10 nitrogen and oxygen atoms in total. The van der Waals surface area contributed by atoms with Gasteiger partial charge >= 0.3 is 6.18 Å². The Morgan fingerprint density at radius 3 is 2.27 bits per heavy atom. The van der Waals surface area contributed by atoms with Crippen LogP contribution in [0.15, 0.2) is 60.8 Å². The van der Waals surface area contributed by atoms with Gasteiger partial charge in [-0.25, -0.2) is 0 Å². The number of carbonyl (C=O) groups excluding carboxylic acids is 3. The second kappa shape index (κ2) is 16.4. The molecule has 0 fully saturated rings. The number of quaternary nitrogens is 1. The average molecular weight is 631 g/mol. The van der Waals surface area contributed by atoms with Crippen molar-refractivity contribution in [2.75, 3.05) is 46.3 Å². The molecule has 8 N–H and O–H groups in total. The molecule has 45 heavy (non-hydrogen) atoms. The lowest BCUT2D eigenvalue weighted by Gasteiger charge is -2.33. The van der Waals surface area contributed by atoms with E-state index in [1.54, 1.807) is 6.20 Å². The molecule has 2 atom stereocenters. The van der Waals surface area contributed by atoms with Gasteiger partial charge in [-0.1, -0.05) is 30.3 Å². The zero-order chi connectivity index (χ0) is 33.0. The number of likely N-dealkylation sites (N-methyl/N-ethyl adjacent to an activating group) is 1. The number of benzene rings is 2. The summed E-state index contributed by atoms with van der Waals surface area (Å²) >= 11 is 0. The average Bonchev–Trinajstić information content (AvgIpc) is 2.99. The van der Waals surface area contributed by atoms with E-state index in [0.717, 1.165) is 36.1 Å².